The number of hydrogen-bond acceptors (Lipinski definition) is 2. The van der Waals surface area contributed by atoms with E-state index in [0.717, 1.165) is 6.42 Å². The molecule has 0 rings (SSSR count). The lowest BCUT2D eigenvalue weighted by Crippen LogP contribution is -2.42. The minimum absolute atomic E-state index is 0.0212. The van der Waals surface area contributed by atoms with Crippen LogP contribution in [-0.4, -0.2) is 39.9 Å². The van der Waals surface area contributed by atoms with Crippen LogP contribution in [0.2, 0.25) is 0 Å². The molecule has 78 valence electrons. The lowest BCUT2D eigenvalue weighted by atomic mass is 10.2. The summed E-state index contributed by atoms with van der Waals surface area (Å²) in [7, 11) is 0. The van der Waals surface area contributed by atoms with Gasteiger partial charge in [-0.15, -0.1) is 0 Å². The summed E-state index contributed by atoms with van der Waals surface area (Å²) in [6, 6.07) is 0.145. The zero-order chi connectivity index (χ0) is 10.4. The third-order valence-corrected chi connectivity index (χ3v) is 2.91. The number of amides is 1. The summed E-state index contributed by atoms with van der Waals surface area (Å²) in [4.78, 5) is 13.2. The average molecular weight is 252 g/mol. The van der Waals surface area contributed by atoms with Crippen LogP contribution >= 0.6 is 15.9 Å². The molecule has 0 aliphatic rings. The van der Waals surface area contributed by atoms with Gasteiger partial charge in [0.25, 0.3) is 0 Å². The number of carbonyl (C=O) groups is 1. The maximum atomic E-state index is 11.7. The fourth-order valence-corrected chi connectivity index (χ4v) is 1.35. The summed E-state index contributed by atoms with van der Waals surface area (Å²) in [5.41, 5.74) is 0. The molecule has 3 nitrogen and oxygen atoms in total. The Labute approximate surface area is 88.2 Å². The molecular weight excluding hydrogens is 234 g/mol. The van der Waals surface area contributed by atoms with Gasteiger partial charge in [-0.3, -0.25) is 4.79 Å². The number of nitrogens with zero attached hydrogens (tertiary/aromatic N) is 1. The Morgan fingerprint density at radius 1 is 1.54 bits per heavy atom. The Morgan fingerprint density at radius 3 is 2.38 bits per heavy atom. The molecule has 0 aliphatic carbocycles. The maximum absolute atomic E-state index is 11.7. The van der Waals surface area contributed by atoms with Gasteiger partial charge in [0.15, 0.2) is 0 Å². The maximum Gasteiger partial charge on any atom is 0.236 e. The monoisotopic (exact) mass is 251 g/mol. The minimum Gasteiger partial charge on any atom is -0.395 e. The van der Waals surface area contributed by atoms with Gasteiger partial charge in [0, 0.05) is 12.6 Å². The van der Waals surface area contributed by atoms with Crippen LogP contribution in [0.1, 0.15) is 27.2 Å². The SMILES string of the molecule is CCC(Br)C(=O)N(CCO)C(C)C. The molecule has 0 aromatic heterocycles. The zero-order valence-corrected chi connectivity index (χ0v) is 10.0. The highest BCUT2D eigenvalue weighted by atomic mass is 79.9. The number of rotatable bonds is 5. The zero-order valence-electron chi connectivity index (χ0n) is 8.46. The van der Waals surface area contributed by atoms with Gasteiger partial charge in [0.2, 0.25) is 5.91 Å². The van der Waals surface area contributed by atoms with Crippen molar-refractivity contribution in [2.45, 2.75) is 38.1 Å². The standard InChI is InChI=1S/C9H18BrNO2/c1-4-8(10)9(13)11(5-6-12)7(2)3/h7-8,12H,4-6H2,1-3H3. The summed E-state index contributed by atoms with van der Waals surface area (Å²) in [6.45, 7) is 6.28. The van der Waals surface area contributed by atoms with Crippen molar-refractivity contribution in [1.82, 2.24) is 4.90 Å². The molecule has 0 radical (unpaired) electrons. The molecule has 0 aromatic carbocycles. The molecule has 13 heavy (non-hydrogen) atoms. The topological polar surface area (TPSA) is 40.5 Å². The van der Waals surface area contributed by atoms with Crippen molar-refractivity contribution in [1.29, 1.82) is 0 Å². The van der Waals surface area contributed by atoms with E-state index in [2.05, 4.69) is 15.9 Å². The molecule has 1 unspecified atom stereocenters. The molecule has 0 aromatic rings. The van der Waals surface area contributed by atoms with Gasteiger partial charge in [-0.25, -0.2) is 0 Å². The van der Waals surface area contributed by atoms with Gasteiger partial charge in [-0.2, -0.15) is 0 Å². The normalized spacial score (nSPS) is 13.1. The molecular formula is C9H18BrNO2. The molecule has 0 aliphatic heterocycles. The van der Waals surface area contributed by atoms with Crippen molar-refractivity contribution < 1.29 is 9.90 Å². The third-order valence-electron chi connectivity index (χ3n) is 1.87. The molecule has 0 bridgehead atoms. The molecule has 4 heteroatoms. The highest BCUT2D eigenvalue weighted by Gasteiger charge is 2.21. The van der Waals surface area contributed by atoms with Crippen molar-refractivity contribution in [3.05, 3.63) is 0 Å². The summed E-state index contributed by atoms with van der Waals surface area (Å²) in [5, 5.41) is 8.78. The van der Waals surface area contributed by atoms with Crippen LogP contribution in [0.3, 0.4) is 0 Å². The van der Waals surface area contributed by atoms with E-state index in [1.54, 1.807) is 4.90 Å². The van der Waals surface area contributed by atoms with E-state index in [4.69, 9.17) is 5.11 Å². The second kappa shape index (κ2) is 6.38. The van der Waals surface area contributed by atoms with Crippen LogP contribution in [0.15, 0.2) is 0 Å². The first kappa shape index (κ1) is 12.9. The average Bonchev–Trinajstić information content (AvgIpc) is 2.11. The van der Waals surface area contributed by atoms with E-state index in [1.807, 2.05) is 20.8 Å². The Morgan fingerprint density at radius 2 is 2.08 bits per heavy atom. The van der Waals surface area contributed by atoms with E-state index >= 15 is 0 Å². The quantitative estimate of drug-likeness (QED) is 0.751. The fourth-order valence-electron chi connectivity index (χ4n) is 1.09. The van der Waals surface area contributed by atoms with E-state index in [9.17, 15) is 4.79 Å². The molecule has 0 heterocycles. The number of hydrogen-bond donors (Lipinski definition) is 1. The summed E-state index contributed by atoms with van der Waals surface area (Å²) in [5.74, 6) is 0.0616. The van der Waals surface area contributed by atoms with Crippen molar-refractivity contribution in [2.75, 3.05) is 13.2 Å². The highest BCUT2D eigenvalue weighted by Crippen LogP contribution is 2.11. The van der Waals surface area contributed by atoms with Crippen molar-refractivity contribution in [3.63, 3.8) is 0 Å². The second-order valence-corrected chi connectivity index (χ2v) is 4.33. The van der Waals surface area contributed by atoms with Gasteiger partial charge in [0.05, 0.1) is 11.4 Å². The van der Waals surface area contributed by atoms with Crippen molar-refractivity contribution >= 4 is 21.8 Å². The number of halogens is 1. The number of carbonyl (C=O) groups excluding carboxylic acids is 1. The summed E-state index contributed by atoms with van der Waals surface area (Å²) in [6.07, 6.45) is 0.771. The lowest BCUT2D eigenvalue weighted by molar-refractivity contribution is -0.132. The van der Waals surface area contributed by atoms with E-state index in [0.29, 0.717) is 6.54 Å². The predicted molar refractivity (Wildman–Crippen MR) is 56.9 cm³/mol. The first-order valence-corrected chi connectivity index (χ1v) is 5.51. The van der Waals surface area contributed by atoms with Gasteiger partial charge in [-0.1, -0.05) is 22.9 Å². The van der Waals surface area contributed by atoms with E-state index < -0.39 is 0 Å². The first-order chi connectivity index (χ1) is 6.04. The van der Waals surface area contributed by atoms with Gasteiger partial charge in [0.1, 0.15) is 0 Å². The van der Waals surface area contributed by atoms with E-state index in [-0.39, 0.29) is 23.4 Å². The lowest BCUT2D eigenvalue weighted by Gasteiger charge is -2.27. The first-order valence-electron chi connectivity index (χ1n) is 4.60. The largest absolute Gasteiger partial charge is 0.395 e. The van der Waals surface area contributed by atoms with Crippen molar-refractivity contribution in [3.8, 4) is 0 Å². The van der Waals surface area contributed by atoms with Crippen LogP contribution in [0, 0.1) is 0 Å². The van der Waals surface area contributed by atoms with Gasteiger partial charge in [-0.05, 0) is 20.3 Å². The second-order valence-electron chi connectivity index (χ2n) is 3.22. The number of alkyl halides is 1. The fraction of sp³-hybridized carbons (Fsp3) is 0.889. The molecule has 0 fully saturated rings. The van der Waals surface area contributed by atoms with Crippen LogP contribution < -0.4 is 0 Å². The smallest absolute Gasteiger partial charge is 0.236 e. The van der Waals surface area contributed by atoms with Crippen LogP contribution in [0.4, 0.5) is 0 Å². The van der Waals surface area contributed by atoms with Crippen molar-refractivity contribution in [2.24, 2.45) is 0 Å². The van der Waals surface area contributed by atoms with Gasteiger partial charge < -0.3 is 10.0 Å². The molecule has 0 saturated carbocycles. The van der Waals surface area contributed by atoms with Crippen LogP contribution in [0.25, 0.3) is 0 Å². The van der Waals surface area contributed by atoms with E-state index in [1.165, 1.54) is 0 Å². The highest BCUT2D eigenvalue weighted by molar-refractivity contribution is 9.10. The number of aliphatic hydroxyl groups excluding tert-OH is 1. The molecule has 1 amide bonds. The minimum atomic E-state index is -0.124. The Bertz CT molecular complexity index is 162. The molecule has 0 spiro atoms. The molecule has 0 saturated heterocycles. The number of aliphatic hydroxyl groups is 1. The predicted octanol–water partition coefficient (Wildman–Crippen LogP) is 1.39. The van der Waals surface area contributed by atoms with Crippen LogP contribution in [0.5, 0.6) is 0 Å². The summed E-state index contributed by atoms with van der Waals surface area (Å²) >= 11 is 3.31. The van der Waals surface area contributed by atoms with Crippen LogP contribution in [-0.2, 0) is 4.79 Å². The Hall–Kier alpha value is -0.0900. The molecule has 1 atom stereocenters. The third kappa shape index (κ3) is 4.09. The molecule has 1 N–H and O–H groups in total. The Kier molecular flexibility index (Phi) is 6.33. The Balaban J connectivity index is 4.27. The summed E-state index contributed by atoms with van der Waals surface area (Å²) < 4.78 is 0. The van der Waals surface area contributed by atoms with Gasteiger partial charge >= 0.3 is 0 Å².